The van der Waals surface area contributed by atoms with E-state index in [4.69, 9.17) is 10.9 Å². The molecule has 0 aliphatic heterocycles. The molecule has 11 heavy (non-hydrogen) atoms. The molecule has 0 atom stereocenters. The Morgan fingerprint density at radius 2 is 2.36 bits per heavy atom. The zero-order valence-electron chi connectivity index (χ0n) is 5.64. The van der Waals surface area contributed by atoms with E-state index < -0.39 is 6.03 Å². The zero-order chi connectivity index (χ0) is 8.27. The van der Waals surface area contributed by atoms with Crippen LogP contribution < -0.4 is 10.8 Å². The predicted molar refractivity (Wildman–Crippen MR) is 38.1 cm³/mol. The van der Waals surface area contributed by atoms with Crippen molar-refractivity contribution < 1.29 is 10.0 Å². The van der Waals surface area contributed by atoms with Gasteiger partial charge in [-0.3, -0.25) is 5.21 Å². The van der Waals surface area contributed by atoms with Gasteiger partial charge in [-0.15, -0.1) is 0 Å². The first kappa shape index (κ1) is 7.49. The van der Waals surface area contributed by atoms with Gasteiger partial charge < -0.3 is 5.73 Å². The lowest BCUT2D eigenvalue weighted by atomic mass is 10.5. The molecule has 58 valence electrons. The van der Waals surface area contributed by atoms with Gasteiger partial charge in [0.05, 0.1) is 0 Å². The van der Waals surface area contributed by atoms with Crippen LogP contribution in [0.4, 0.5) is 10.6 Å². The highest BCUT2D eigenvalue weighted by molar-refractivity contribution is 5.86. The van der Waals surface area contributed by atoms with Crippen LogP contribution in [0, 0.1) is 0 Å². The SMILES string of the molecule is NC(=O)N(O)c1ccccn1. The quantitative estimate of drug-likeness (QED) is 0.451. The third kappa shape index (κ3) is 1.65. The third-order valence-electron chi connectivity index (χ3n) is 1.08. The van der Waals surface area contributed by atoms with E-state index in [1.807, 2.05) is 0 Å². The minimum absolute atomic E-state index is 0.111. The number of aromatic nitrogens is 1. The summed E-state index contributed by atoms with van der Waals surface area (Å²) in [4.78, 5) is 14.0. The smallest absolute Gasteiger partial charge is 0.344 e. The van der Waals surface area contributed by atoms with Crippen molar-refractivity contribution >= 4 is 11.8 Å². The molecule has 0 saturated heterocycles. The first-order valence-electron chi connectivity index (χ1n) is 2.91. The number of anilines is 1. The van der Waals surface area contributed by atoms with Crippen molar-refractivity contribution in [3.05, 3.63) is 24.4 Å². The highest BCUT2D eigenvalue weighted by Gasteiger charge is 2.07. The first-order chi connectivity index (χ1) is 5.22. The monoisotopic (exact) mass is 153 g/mol. The van der Waals surface area contributed by atoms with E-state index in [0.717, 1.165) is 0 Å². The van der Waals surface area contributed by atoms with Gasteiger partial charge in [-0.25, -0.2) is 9.78 Å². The predicted octanol–water partition coefficient (Wildman–Crippen LogP) is 0.356. The molecule has 1 rings (SSSR count). The van der Waals surface area contributed by atoms with Gasteiger partial charge >= 0.3 is 6.03 Å². The number of urea groups is 1. The number of hydrogen-bond donors (Lipinski definition) is 2. The van der Waals surface area contributed by atoms with Crippen LogP contribution in [-0.4, -0.2) is 16.2 Å². The standard InChI is InChI=1S/C6H7N3O2/c7-6(10)9(11)5-3-1-2-4-8-5/h1-4,11H,(H2,7,10). The fourth-order valence-electron chi connectivity index (χ4n) is 0.592. The average Bonchev–Trinajstić information content (AvgIpc) is 2.05. The lowest BCUT2D eigenvalue weighted by Gasteiger charge is -2.08. The number of nitrogens with zero attached hydrogens (tertiary/aromatic N) is 2. The van der Waals surface area contributed by atoms with Crippen molar-refractivity contribution in [2.75, 3.05) is 5.06 Å². The Balaban J connectivity index is 2.85. The molecule has 1 aromatic rings. The van der Waals surface area contributed by atoms with Crippen molar-refractivity contribution in [2.24, 2.45) is 5.73 Å². The van der Waals surface area contributed by atoms with Gasteiger partial charge in [0.15, 0.2) is 5.82 Å². The van der Waals surface area contributed by atoms with Crippen molar-refractivity contribution in [3.8, 4) is 0 Å². The summed E-state index contributed by atoms with van der Waals surface area (Å²) in [5.41, 5.74) is 4.76. The second-order valence-corrected chi connectivity index (χ2v) is 1.84. The minimum atomic E-state index is -0.955. The highest BCUT2D eigenvalue weighted by atomic mass is 16.5. The van der Waals surface area contributed by atoms with Crippen LogP contribution in [0.5, 0.6) is 0 Å². The summed E-state index contributed by atoms with van der Waals surface area (Å²) < 4.78 is 0. The number of hydroxylamine groups is 1. The van der Waals surface area contributed by atoms with Crippen LogP contribution in [0.3, 0.4) is 0 Å². The molecule has 5 heteroatoms. The normalized spacial score (nSPS) is 9.18. The molecule has 0 aliphatic rings. The van der Waals surface area contributed by atoms with Crippen molar-refractivity contribution in [1.29, 1.82) is 0 Å². The largest absolute Gasteiger partial charge is 0.349 e. The molecule has 0 spiro atoms. The Morgan fingerprint density at radius 3 is 2.82 bits per heavy atom. The number of carbonyl (C=O) groups is 1. The first-order valence-corrected chi connectivity index (χ1v) is 2.91. The van der Waals surface area contributed by atoms with Crippen molar-refractivity contribution in [3.63, 3.8) is 0 Å². The Labute approximate surface area is 63.0 Å². The Hall–Kier alpha value is -1.62. The van der Waals surface area contributed by atoms with Gasteiger partial charge in [0.1, 0.15) is 0 Å². The molecule has 0 radical (unpaired) electrons. The van der Waals surface area contributed by atoms with Gasteiger partial charge in [0.2, 0.25) is 0 Å². The number of pyridine rings is 1. The Kier molecular flexibility index (Phi) is 2.03. The molecule has 0 aliphatic carbocycles. The van der Waals surface area contributed by atoms with Gasteiger partial charge in [-0.1, -0.05) is 6.07 Å². The van der Waals surface area contributed by atoms with Crippen LogP contribution in [0.15, 0.2) is 24.4 Å². The van der Waals surface area contributed by atoms with Crippen LogP contribution in [0.2, 0.25) is 0 Å². The minimum Gasteiger partial charge on any atom is -0.349 e. The van der Waals surface area contributed by atoms with E-state index in [-0.39, 0.29) is 10.9 Å². The molecule has 0 aromatic carbocycles. The Bertz CT molecular complexity index is 249. The van der Waals surface area contributed by atoms with Gasteiger partial charge in [0, 0.05) is 6.20 Å². The van der Waals surface area contributed by atoms with Crippen LogP contribution in [0.25, 0.3) is 0 Å². The van der Waals surface area contributed by atoms with Crippen LogP contribution in [-0.2, 0) is 0 Å². The number of carbonyl (C=O) groups excluding carboxylic acids is 1. The maximum Gasteiger partial charge on any atom is 0.344 e. The lowest BCUT2D eigenvalue weighted by Crippen LogP contribution is -2.32. The van der Waals surface area contributed by atoms with Crippen molar-refractivity contribution in [2.45, 2.75) is 0 Å². The number of nitrogens with two attached hydrogens (primary N) is 1. The zero-order valence-corrected chi connectivity index (χ0v) is 5.64. The molecule has 1 aromatic heterocycles. The fourth-order valence-corrected chi connectivity index (χ4v) is 0.592. The summed E-state index contributed by atoms with van der Waals surface area (Å²) in [7, 11) is 0. The topological polar surface area (TPSA) is 79.5 Å². The highest BCUT2D eigenvalue weighted by Crippen LogP contribution is 2.04. The van der Waals surface area contributed by atoms with Crippen LogP contribution in [0.1, 0.15) is 0 Å². The number of rotatable bonds is 1. The second kappa shape index (κ2) is 2.98. The molecule has 1 heterocycles. The van der Waals surface area contributed by atoms with E-state index in [0.29, 0.717) is 0 Å². The van der Waals surface area contributed by atoms with Gasteiger partial charge in [-0.2, -0.15) is 5.06 Å². The molecule has 3 N–H and O–H groups in total. The third-order valence-corrected chi connectivity index (χ3v) is 1.08. The van der Waals surface area contributed by atoms with Gasteiger partial charge in [0.25, 0.3) is 0 Å². The van der Waals surface area contributed by atoms with E-state index in [1.165, 1.54) is 12.3 Å². The summed E-state index contributed by atoms with van der Waals surface area (Å²) in [6, 6.07) is 3.81. The molecule has 2 amide bonds. The number of primary amides is 1. The van der Waals surface area contributed by atoms with E-state index in [1.54, 1.807) is 12.1 Å². The second-order valence-electron chi connectivity index (χ2n) is 1.84. The number of hydrogen-bond acceptors (Lipinski definition) is 3. The van der Waals surface area contributed by atoms with Crippen molar-refractivity contribution in [1.82, 2.24) is 4.98 Å². The molecule has 0 unspecified atom stereocenters. The number of amides is 2. The fraction of sp³-hybridized carbons (Fsp3) is 0. The molecular formula is C6H7N3O2. The molecule has 0 saturated carbocycles. The summed E-state index contributed by atoms with van der Waals surface area (Å²) >= 11 is 0. The van der Waals surface area contributed by atoms with Gasteiger partial charge in [-0.05, 0) is 12.1 Å². The van der Waals surface area contributed by atoms with E-state index in [9.17, 15) is 4.79 Å². The summed E-state index contributed by atoms with van der Waals surface area (Å²) in [6.07, 6.45) is 1.45. The van der Waals surface area contributed by atoms with Crippen LogP contribution >= 0.6 is 0 Å². The lowest BCUT2D eigenvalue weighted by molar-refractivity contribution is 0.211. The summed E-state index contributed by atoms with van der Waals surface area (Å²) in [5, 5.41) is 9.17. The van der Waals surface area contributed by atoms with E-state index in [2.05, 4.69) is 4.98 Å². The van der Waals surface area contributed by atoms with E-state index >= 15 is 0 Å². The summed E-state index contributed by atoms with van der Waals surface area (Å²) in [6.45, 7) is 0. The maximum atomic E-state index is 10.4. The molecular weight excluding hydrogens is 146 g/mol. The maximum absolute atomic E-state index is 10.4. The summed E-state index contributed by atoms with van der Waals surface area (Å²) in [5.74, 6) is 0.111. The molecule has 0 bridgehead atoms. The average molecular weight is 153 g/mol. The Morgan fingerprint density at radius 1 is 1.64 bits per heavy atom. The molecule has 5 nitrogen and oxygen atoms in total. The molecule has 0 fully saturated rings.